The molecule has 1 fully saturated rings. The number of hydrogen-bond donors (Lipinski definition) is 0. The maximum Gasteiger partial charge on any atom is 0.338 e. The molecule has 0 bridgehead atoms. The number of thioether (sulfide) groups is 1. The molecule has 1 aliphatic heterocycles. The summed E-state index contributed by atoms with van der Waals surface area (Å²) in [6, 6.07) is 8.71. The Morgan fingerprint density at radius 3 is 2.61 bits per heavy atom. The second kappa shape index (κ2) is 8.22. The number of nitrogens with zero attached hydrogens (tertiary/aromatic N) is 2. The van der Waals surface area contributed by atoms with Crippen molar-refractivity contribution < 1.29 is 29.0 Å². The van der Waals surface area contributed by atoms with Gasteiger partial charge in [0.1, 0.15) is 5.03 Å². The number of benzene rings is 1. The molecule has 1 aromatic heterocycles. The number of aromatic carboxylic acids is 1. The lowest BCUT2D eigenvalue weighted by atomic mass is 10.2. The molecule has 1 aromatic carbocycles. The van der Waals surface area contributed by atoms with Crippen LogP contribution in [0, 0.1) is 0 Å². The molecule has 1 aliphatic rings. The molecule has 0 spiro atoms. The van der Waals surface area contributed by atoms with Gasteiger partial charge in [-0.3, -0.25) is 9.59 Å². The van der Waals surface area contributed by atoms with Crippen molar-refractivity contribution in [3.05, 3.63) is 53.7 Å². The van der Waals surface area contributed by atoms with E-state index >= 15 is 0 Å². The lowest BCUT2D eigenvalue weighted by Gasteiger charge is -2.16. The van der Waals surface area contributed by atoms with Gasteiger partial charge in [-0.2, -0.15) is 0 Å². The topological polar surface area (TPSA) is 117 Å². The number of hydrogen-bond acceptors (Lipinski definition) is 8. The SMILES string of the molecule is CCOC(=O)c1ccc(N2C(=O)C[C@@H](Sc3ncccc3C(=O)[O-])C2=O)cc1. The number of carboxylic acids is 1. The fourth-order valence-corrected chi connectivity index (χ4v) is 3.80. The van der Waals surface area contributed by atoms with Gasteiger partial charge < -0.3 is 14.6 Å². The minimum atomic E-state index is -1.40. The van der Waals surface area contributed by atoms with Crippen molar-refractivity contribution in [2.45, 2.75) is 23.6 Å². The van der Waals surface area contributed by atoms with E-state index in [4.69, 9.17) is 4.74 Å². The van der Waals surface area contributed by atoms with Gasteiger partial charge in [0, 0.05) is 18.2 Å². The first kappa shape index (κ1) is 19.6. The van der Waals surface area contributed by atoms with Crippen molar-refractivity contribution >= 4 is 41.2 Å². The van der Waals surface area contributed by atoms with E-state index in [1.807, 2.05) is 0 Å². The monoisotopic (exact) mass is 399 g/mol. The molecule has 3 rings (SSSR count). The molecule has 0 aliphatic carbocycles. The Hall–Kier alpha value is -3.20. The van der Waals surface area contributed by atoms with Crippen LogP contribution in [0.25, 0.3) is 0 Å². The molecule has 8 nitrogen and oxygen atoms in total. The summed E-state index contributed by atoms with van der Waals surface area (Å²) in [6.07, 6.45) is 1.31. The summed E-state index contributed by atoms with van der Waals surface area (Å²) < 4.78 is 4.90. The van der Waals surface area contributed by atoms with Crippen molar-refractivity contribution in [3.63, 3.8) is 0 Å². The predicted molar refractivity (Wildman–Crippen MR) is 97.7 cm³/mol. The average molecular weight is 399 g/mol. The van der Waals surface area contributed by atoms with Crippen LogP contribution in [0.15, 0.2) is 47.6 Å². The standard InChI is InChI=1S/C19H16N2O6S/c1-2-27-19(26)11-5-7-12(8-6-11)21-15(22)10-14(17(21)23)28-16-13(18(24)25)4-3-9-20-16/h3-9,14H,2,10H2,1H3,(H,24,25)/p-1/t14-/m1/s1. The number of carbonyl (C=O) groups is 4. The zero-order valence-electron chi connectivity index (χ0n) is 14.8. The predicted octanol–water partition coefficient (Wildman–Crippen LogP) is 1.05. The highest BCUT2D eigenvalue weighted by molar-refractivity contribution is 8.00. The summed E-state index contributed by atoms with van der Waals surface area (Å²) in [5, 5.41) is 10.5. The third-order valence-electron chi connectivity index (χ3n) is 3.99. The van der Waals surface area contributed by atoms with Gasteiger partial charge in [0.25, 0.3) is 0 Å². The third kappa shape index (κ3) is 3.89. The van der Waals surface area contributed by atoms with Crippen LogP contribution in [0.3, 0.4) is 0 Å². The van der Waals surface area contributed by atoms with Gasteiger partial charge in [0.15, 0.2) is 0 Å². The molecule has 28 heavy (non-hydrogen) atoms. The van der Waals surface area contributed by atoms with E-state index in [0.29, 0.717) is 11.3 Å². The minimum Gasteiger partial charge on any atom is -0.545 e. The number of rotatable bonds is 6. The molecule has 1 saturated heterocycles. The van der Waals surface area contributed by atoms with Crippen molar-refractivity contribution in [1.29, 1.82) is 0 Å². The number of carboxylic acid groups (broad SMARTS) is 1. The summed E-state index contributed by atoms with van der Waals surface area (Å²) >= 11 is 0.913. The summed E-state index contributed by atoms with van der Waals surface area (Å²) in [5.41, 5.74) is 0.500. The van der Waals surface area contributed by atoms with E-state index in [1.54, 1.807) is 6.92 Å². The lowest BCUT2D eigenvalue weighted by molar-refractivity contribution is -0.255. The summed E-state index contributed by atoms with van der Waals surface area (Å²) in [4.78, 5) is 53.0. The summed E-state index contributed by atoms with van der Waals surface area (Å²) in [7, 11) is 0. The van der Waals surface area contributed by atoms with Crippen LogP contribution >= 0.6 is 11.8 Å². The Morgan fingerprint density at radius 1 is 1.25 bits per heavy atom. The van der Waals surface area contributed by atoms with E-state index < -0.39 is 29.0 Å². The normalized spacial score (nSPS) is 16.3. The van der Waals surface area contributed by atoms with E-state index in [9.17, 15) is 24.3 Å². The van der Waals surface area contributed by atoms with Gasteiger partial charge in [-0.1, -0.05) is 11.8 Å². The van der Waals surface area contributed by atoms with Crippen molar-refractivity contribution in [1.82, 2.24) is 4.98 Å². The molecule has 2 aromatic rings. The lowest BCUT2D eigenvalue weighted by Crippen LogP contribution is -2.31. The molecule has 0 N–H and O–H groups in total. The Balaban J connectivity index is 1.79. The molecule has 9 heteroatoms. The van der Waals surface area contributed by atoms with Gasteiger partial charge in [-0.15, -0.1) is 0 Å². The number of aromatic nitrogens is 1. The smallest absolute Gasteiger partial charge is 0.338 e. The second-order valence-electron chi connectivity index (χ2n) is 5.79. The first-order chi connectivity index (χ1) is 13.4. The van der Waals surface area contributed by atoms with E-state index in [1.165, 1.54) is 42.6 Å². The number of pyridine rings is 1. The maximum absolute atomic E-state index is 12.7. The van der Waals surface area contributed by atoms with E-state index in [-0.39, 0.29) is 23.6 Å². The van der Waals surface area contributed by atoms with Gasteiger partial charge >= 0.3 is 5.97 Å². The zero-order valence-corrected chi connectivity index (χ0v) is 15.6. The first-order valence-corrected chi connectivity index (χ1v) is 9.27. The zero-order chi connectivity index (χ0) is 20.3. The number of imide groups is 1. The van der Waals surface area contributed by atoms with Crippen LogP contribution in [-0.2, 0) is 14.3 Å². The van der Waals surface area contributed by atoms with Crippen LogP contribution in [0.2, 0.25) is 0 Å². The number of amides is 2. The van der Waals surface area contributed by atoms with Crippen LogP contribution in [-0.4, -0.2) is 40.6 Å². The van der Waals surface area contributed by atoms with Gasteiger partial charge in [0.05, 0.1) is 29.1 Å². The van der Waals surface area contributed by atoms with Crippen molar-refractivity contribution in [2.75, 3.05) is 11.5 Å². The molecular formula is C19H15N2O6S-. The highest BCUT2D eigenvalue weighted by atomic mass is 32.2. The molecule has 0 radical (unpaired) electrons. The Bertz CT molecular complexity index is 944. The largest absolute Gasteiger partial charge is 0.545 e. The van der Waals surface area contributed by atoms with E-state index in [2.05, 4.69) is 4.98 Å². The molecule has 144 valence electrons. The molecule has 0 saturated carbocycles. The fourth-order valence-electron chi connectivity index (χ4n) is 2.70. The van der Waals surface area contributed by atoms with Crippen molar-refractivity contribution in [2.24, 2.45) is 0 Å². The molecule has 0 unspecified atom stereocenters. The van der Waals surface area contributed by atoms with Gasteiger partial charge in [-0.25, -0.2) is 14.7 Å². The van der Waals surface area contributed by atoms with Crippen LogP contribution in [0.1, 0.15) is 34.1 Å². The Kier molecular flexibility index (Phi) is 5.74. The Labute approximate surface area is 164 Å². The molecule has 2 heterocycles. The van der Waals surface area contributed by atoms with Crippen molar-refractivity contribution in [3.8, 4) is 0 Å². The van der Waals surface area contributed by atoms with Crippen LogP contribution < -0.4 is 10.0 Å². The maximum atomic E-state index is 12.7. The Morgan fingerprint density at radius 2 is 1.96 bits per heavy atom. The quantitative estimate of drug-likeness (QED) is 0.523. The highest BCUT2D eigenvalue weighted by Crippen LogP contribution is 2.34. The number of carbonyl (C=O) groups excluding carboxylic acids is 4. The average Bonchev–Trinajstić information content (AvgIpc) is 2.95. The second-order valence-corrected chi connectivity index (χ2v) is 6.98. The third-order valence-corrected chi connectivity index (χ3v) is 5.19. The minimum absolute atomic E-state index is 0.0911. The van der Waals surface area contributed by atoms with Crippen LogP contribution in [0.5, 0.6) is 0 Å². The molecular weight excluding hydrogens is 384 g/mol. The number of ether oxygens (including phenoxy) is 1. The van der Waals surface area contributed by atoms with Crippen LogP contribution in [0.4, 0.5) is 5.69 Å². The van der Waals surface area contributed by atoms with E-state index in [0.717, 1.165) is 16.7 Å². The fraction of sp³-hybridized carbons (Fsp3) is 0.211. The number of esters is 1. The summed E-state index contributed by atoms with van der Waals surface area (Å²) in [6.45, 7) is 1.93. The van der Waals surface area contributed by atoms with Gasteiger partial charge in [0.2, 0.25) is 11.8 Å². The molecule has 1 atom stereocenters. The highest BCUT2D eigenvalue weighted by Gasteiger charge is 2.40. The summed E-state index contributed by atoms with van der Waals surface area (Å²) in [5.74, 6) is -2.79. The molecule has 2 amide bonds. The van der Waals surface area contributed by atoms with Gasteiger partial charge in [-0.05, 0) is 43.3 Å². The first-order valence-electron chi connectivity index (χ1n) is 8.39. The number of anilines is 1.